The van der Waals surface area contributed by atoms with Gasteiger partial charge in [0.15, 0.2) is 5.69 Å². The molecule has 1 heterocycles. The van der Waals surface area contributed by atoms with Gasteiger partial charge in [0.25, 0.3) is 0 Å². The summed E-state index contributed by atoms with van der Waals surface area (Å²) in [4.78, 5) is 3.97. The highest BCUT2D eigenvalue weighted by Crippen LogP contribution is 2.11. The molecule has 1 atom stereocenters. The molecule has 0 spiro atoms. The lowest BCUT2D eigenvalue weighted by molar-refractivity contribution is 0.164. The van der Waals surface area contributed by atoms with Gasteiger partial charge in [0.05, 0.1) is 12.3 Å². The summed E-state index contributed by atoms with van der Waals surface area (Å²) >= 11 is 0. The van der Waals surface area contributed by atoms with E-state index in [-0.39, 0.29) is 0 Å². The molecule has 0 fully saturated rings. The Morgan fingerprint density at radius 2 is 2.47 bits per heavy atom. The number of hydrogen-bond donors (Lipinski definition) is 1. The van der Waals surface area contributed by atoms with Gasteiger partial charge < -0.3 is 10.1 Å². The zero-order chi connectivity index (χ0) is 11.1. The molecule has 0 bridgehead atoms. The van der Waals surface area contributed by atoms with Crippen molar-refractivity contribution in [3.05, 3.63) is 24.0 Å². The standard InChI is InChI=1S/C11H15N3O/c1-9(8-15-2)7-14-10-4-3-5-13-11(10)6-12/h3-5,9,14H,7-8H2,1-2H3. The summed E-state index contributed by atoms with van der Waals surface area (Å²) in [6, 6.07) is 5.71. The lowest BCUT2D eigenvalue weighted by Gasteiger charge is -2.12. The van der Waals surface area contributed by atoms with E-state index in [1.807, 2.05) is 18.2 Å². The van der Waals surface area contributed by atoms with E-state index in [1.54, 1.807) is 13.3 Å². The Labute approximate surface area is 89.9 Å². The maximum Gasteiger partial charge on any atom is 0.163 e. The molecule has 4 heteroatoms. The minimum atomic E-state index is 0.404. The molecule has 80 valence electrons. The average molecular weight is 205 g/mol. The number of nitrogens with zero attached hydrogens (tertiary/aromatic N) is 2. The first-order valence-electron chi connectivity index (χ1n) is 4.86. The minimum absolute atomic E-state index is 0.404. The summed E-state index contributed by atoms with van der Waals surface area (Å²) in [5.74, 6) is 0.404. The van der Waals surface area contributed by atoms with Crippen molar-refractivity contribution in [2.45, 2.75) is 6.92 Å². The van der Waals surface area contributed by atoms with Crippen LogP contribution in [0, 0.1) is 17.2 Å². The fourth-order valence-electron chi connectivity index (χ4n) is 1.26. The van der Waals surface area contributed by atoms with Crippen LogP contribution in [-0.2, 0) is 4.74 Å². The van der Waals surface area contributed by atoms with Crippen LogP contribution in [0.1, 0.15) is 12.6 Å². The van der Waals surface area contributed by atoms with Crippen LogP contribution in [0.2, 0.25) is 0 Å². The molecule has 1 aromatic heterocycles. The summed E-state index contributed by atoms with van der Waals surface area (Å²) in [5.41, 5.74) is 1.21. The maximum absolute atomic E-state index is 8.81. The zero-order valence-electron chi connectivity index (χ0n) is 9.03. The lowest BCUT2D eigenvalue weighted by atomic mass is 10.2. The third kappa shape index (κ3) is 3.56. The first-order chi connectivity index (χ1) is 7.27. The smallest absolute Gasteiger partial charge is 0.163 e. The largest absolute Gasteiger partial charge is 0.384 e. The van der Waals surface area contributed by atoms with Gasteiger partial charge in [0, 0.05) is 19.9 Å². The third-order valence-corrected chi connectivity index (χ3v) is 2.01. The van der Waals surface area contributed by atoms with Crippen LogP contribution in [-0.4, -0.2) is 25.2 Å². The quantitative estimate of drug-likeness (QED) is 0.794. The highest BCUT2D eigenvalue weighted by molar-refractivity contribution is 5.53. The number of pyridine rings is 1. The summed E-state index contributed by atoms with van der Waals surface area (Å²) < 4.78 is 5.03. The van der Waals surface area contributed by atoms with E-state index < -0.39 is 0 Å². The summed E-state index contributed by atoms with van der Waals surface area (Å²) in [6.45, 7) is 3.56. The maximum atomic E-state index is 8.81. The second-order valence-corrected chi connectivity index (χ2v) is 3.45. The van der Waals surface area contributed by atoms with Crippen LogP contribution in [0.3, 0.4) is 0 Å². The molecule has 0 radical (unpaired) electrons. The number of hydrogen-bond acceptors (Lipinski definition) is 4. The van der Waals surface area contributed by atoms with Gasteiger partial charge >= 0.3 is 0 Å². The number of aromatic nitrogens is 1. The predicted octanol–water partition coefficient (Wildman–Crippen LogP) is 1.65. The molecule has 1 N–H and O–H groups in total. The van der Waals surface area contributed by atoms with E-state index in [9.17, 15) is 0 Å². The van der Waals surface area contributed by atoms with Crippen LogP contribution in [0.5, 0.6) is 0 Å². The van der Waals surface area contributed by atoms with Crippen LogP contribution in [0.15, 0.2) is 18.3 Å². The molecular formula is C11H15N3O. The lowest BCUT2D eigenvalue weighted by Crippen LogP contribution is -2.16. The summed E-state index contributed by atoms with van der Waals surface area (Å²) in [5, 5.41) is 12.0. The van der Waals surface area contributed by atoms with Gasteiger partial charge in [0.2, 0.25) is 0 Å². The van der Waals surface area contributed by atoms with E-state index in [0.717, 1.165) is 12.2 Å². The van der Waals surface area contributed by atoms with Crippen molar-refractivity contribution in [2.24, 2.45) is 5.92 Å². The number of methoxy groups -OCH3 is 1. The Morgan fingerprint density at radius 3 is 3.13 bits per heavy atom. The van der Waals surface area contributed by atoms with Crippen molar-refractivity contribution in [3.63, 3.8) is 0 Å². The molecule has 0 saturated carbocycles. The zero-order valence-corrected chi connectivity index (χ0v) is 9.03. The molecule has 0 saturated heterocycles. The normalized spacial score (nSPS) is 11.8. The number of rotatable bonds is 5. The molecule has 1 aromatic rings. The van der Waals surface area contributed by atoms with Crippen molar-refractivity contribution in [1.29, 1.82) is 5.26 Å². The molecule has 0 amide bonds. The van der Waals surface area contributed by atoms with Gasteiger partial charge in [-0.05, 0) is 18.1 Å². The van der Waals surface area contributed by atoms with Crippen LogP contribution in [0.4, 0.5) is 5.69 Å². The molecule has 1 rings (SSSR count). The number of nitrogens with one attached hydrogen (secondary N) is 1. The summed E-state index contributed by atoms with van der Waals surface area (Å²) in [7, 11) is 1.68. The minimum Gasteiger partial charge on any atom is -0.384 e. The van der Waals surface area contributed by atoms with Crippen molar-refractivity contribution in [2.75, 3.05) is 25.6 Å². The molecule has 15 heavy (non-hydrogen) atoms. The Bertz CT molecular complexity index is 346. The molecule has 0 aromatic carbocycles. The fourth-order valence-corrected chi connectivity index (χ4v) is 1.26. The average Bonchev–Trinajstić information content (AvgIpc) is 2.27. The van der Waals surface area contributed by atoms with Gasteiger partial charge in [-0.2, -0.15) is 5.26 Å². The van der Waals surface area contributed by atoms with Crippen molar-refractivity contribution >= 4 is 5.69 Å². The Balaban J connectivity index is 2.54. The Hall–Kier alpha value is -1.60. The number of ether oxygens (including phenoxy) is 1. The van der Waals surface area contributed by atoms with E-state index in [2.05, 4.69) is 17.2 Å². The Morgan fingerprint density at radius 1 is 1.67 bits per heavy atom. The molecule has 0 aliphatic rings. The van der Waals surface area contributed by atoms with E-state index in [0.29, 0.717) is 18.2 Å². The van der Waals surface area contributed by atoms with Gasteiger partial charge in [0.1, 0.15) is 6.07 Å². The van der Waals surface area contributed by atoms with Crippen LogP contribution >= 0.6 is 0 Å². The van der Waals surface area contributed by atoms with Gasteiger partial charge in [-0.3, -0.25) is 0 Å². The molecule has 0 aliphatic heterocycles. The Kier molecular flexibility index (Phi) is 4.58. The van der Waals surface area contributed by atoms with Crippen molar-refractivity contribution < 1.29 is 4.74 Å². The second-order valence-electron chi connectivity index (χ2n) is 3.45. The molecule has 4 nitrogen and oxygen atoms in total. The second kappa shape index (κ2) is 5.99. The van der Waals surface area contributed by atoms with Crippen LogP contribution in [0.25, 0.3) is 0 Å². The highest BCUT2D eigenvalue weighted by atomic mass is 16.5. The first-order valence-corrected chi connectivity index (χ1v) is 4.86. The van der Waals surface area contributed by atoms with Crippen molar-refractivity contribution in [1.82, 2.24) is 4.98 Å². The third-order valence-electron chi connectivity index (χ3n) is 2.01. The van der Waals surface area contributed by atoms with Gasteiger partial charge in [-0.25, -0.2) is 4.98 Å². The van der Waals surface area contributed by atoms with E-state index in [1.165, 1.54) is 0 Å². The fraction of sp³-hybridized carbons (Fsp3) is 0.455. The molecule has 1 unspecified atom stereocenters. The first kappa shape index (κ1) is 11.5. The van der Waals surface area contributed by atoms with Crippen molar-refractivity contribution in [3.8, 4) is 6.07 Å². The topological polar surface area (TPSA) is 57.9 Å². The SMILES string of the molecule is COCC(C)CNc1cccnc1C#N. The van der Waals surface area contributed by atoms with Crippen LogP contribution < -0.4 is 5.32 Å². The highest BCUT2D eigenvalue weighted by Gasteiger charge is 2.04. The number of nitriles is 1. The summed E-state index contributed by atoms with van der Waals surface area (Å²) in [6.07, 6.45) is 1.61. The van der Waals surface area contributed by atoms with Gasteiger partial charge in [-0.1, -0.05) is 6.92 Å². The van der Waals surface area contributed by atoms with Gasteiger partial charge in [-0.15, -0.1) is 0 Å². The number of anilines is 1. The molecular weight excluding hydrogens is 190 g/mol. The predicted molar refractivity (Wildman–Crippen MR) is 58.5 cm³/mol. The molecule has 0 aliphatic carbocycles. The monoisotopic (exact) mass is 205 g/mol. The van der Waals surface area contributed by atoms with E-state index >= 15 is 0 Å². The van der Waals surface area contributed by atoms with E-state index in [4.69, 9.17) is 10.00 Å².